The number of benzene rings is 1. The highest BCUT2D eigenvalue weighted by Crippen LogP contribution is 2.32. The molecule has 1 aromatic carbocycles. The largest absolute Gasteiger partial charge is 0.480 e. The number of aryl methyl sites for hydroxylation is 1. The fourth-order valence-electron chi connectivity index (χ4n) is 4.44. The van der Waals surface area contributed by atoms with Crippen molar-refractivity contribution in [2.75, 3.05) is 6.54 Å². The molecule has 1 aliphatic carbocycles. The van der Waals surface area contributed by atoms with Crippen molar-refractivity contribution < 1.29 is 19.1 Å². The first-order valence-electron chi connectivity index (χ1n) is 9.78. The zero-order chi connectivity index (χ0) is 20.0. The standard InChI is InChI=1S/C21H24FN3O3/c1-12-9-10-24(17(11-12)21(27)28)20(26)18-14-6-4-8-16(14)25(23-18)19-13(2)5-3-7-15(19)22/h3,5,7,12,17H,4,6,8-11H2,1-2H3,(H,27,28). The van der Waals surface area contributed by atoms with E-state index in [9.17, 15) is 19.1 Å². The van der Waals surface area contributed by atoms with E-state index in [-0.39, 0.29) is 23.3 Å². The van der Waals surface area contributed by atoms with E-state index in [1.807, 2.05) is 19.9 Å². The molecule has 148 valence electrons. The minimum Gasteiger partial charge on any atom is -0.480 e. The van der Waals surface area contributed by atoms with Gasteiger partial charge in [0.15, 0.2) is 5.69 Å². The van der Waals surface area contributed by atoms with Crippen LogP contribution in [0.3, 0.4) is 0 Å². The number of hydrogen-bond donors (Lipinski definition) is 1. The van der Waals surface area contributed by atoms with Crippen LogP contribution in [0.5, 0.6) is 0 Å². The van der Waals surface area contributed by atoms with Gasteiger partial charge >= 0.3 is 5.97 Å². The van der Waals surface area contributed by atoms with E-state index < -0.39 is 12.0 Å². The van der Waals surface area contributed by atoms with Gasteiger partial charge < -0.3 is 10.0 Å². The Morgan fingerprint density at radius 2 is 2.07 bits per heavy atom. The van der Waals surface area contributed by atoms with Crippen molar-refractivity contribution in [1.82, 2.24) is 14.7 Å². The molecule has 1 saturated heterocycles. The number of hydrogen-bond acceptors (Lipinski definition) is 3. The minimum atomic E-state index is -0.985. The summed E-state index contributed by atoms with van der Waals surface area (Å²) in [6.07, 6.45) is 3.51. The van der Waals surface area contributed by atoms with Gasteiger partial charge in [-0.15, -0.1) is 0 Å². The van der Waals surface area contributed by atoms with Gasteiger partial charge in [-0.25, -0.2) is 13.9 Å². The number of nitrogens with zero attached hydrogens (tertiary/aromatic N) is 3. The van der Waals surface area contributed by atoms with Gasteiger partial charge in [0.05, 0.1) is 0 Å². The number of fused-ring (bicyclic) bond motifs is 1. The molecular weight excluding hydrogens is 361 g/mol. The van der Waals surface area contributed by atoms with Crippen molar-refractivity contribution in [2.24, 2.45) is 5.92 Å². The first-order valence-corrected chi connectivity index (χ1v) is 9.78. The molecule has 4 rings (SSSR count). The van der Waals surface area contributed by atoms with Gasteiger partial charge in [-0.3, -0.25) is 4.79 Å². The van der Waals surface area contributed by atoms with Crippen LogP contribution in [-0.4, -0.2) is 44.3 Å². The first kappa shape index (κ1) is 18.7. The van der Waals surface area contributed by atoms with E-state index in [2.05, 4.69) is 5.10 Å². The van der Waals surface area contributed by atoms with E-state index in [1.54, 1.807) is 10.7 Å². The fourth-order valence-corrected chi connectivity index (χ4v) is 4.44. The molecule has 2 aliphatic rings. The third-order valence-electron chi connectivity index (χ3n) is 5.94. The van der Waals surface area contributed by atoms with Crippen LogP contribution >= 0.6 is 0 Å². The van der Waals surface area contributed by atoms with Gasteiger partial charge in [0.25, 0.3) is 5.91 Å². The van der Waals surface area contributed by atoms with Crippen LogP contribution in [0.4, 0.5) is 4.39 Å². The Labute approximate surface area is 163 Å². The van der Waals surface area contributed by atoms with Gasteiger partial charge in [0.1, 0.15) is 17.5 Å². The monoisotopic (exact) mass is 385 g/mol. The normalized spacial score (nSPS) is 21.6. The molecule has 1 N–H and O–H groups in total. The maximum Gasteiger partial charge on any atom is 0.326 e. The summed E-state index contributed by atoms with van der Waals surface area (Å²) in [5, 5.41) is 14.1. The van der Waals surface area contributed by atoms with E-state index in [0.29, 0.717) is 25.1 Å². The molecule has 28 heavy (non-hydrogen) atoms. The number of aromatic nitrogens is 2. The number of rotatable bonds is 3. The minimum absolute atomic E-state index is 0.259. The molecule has 2 unspecified atom stereocenters. The summed E-state index contributed by atoms with van der Waals surface area (Å²) in [5.74, 6) is -1.47. The molecule has 0 radical (unpaired) electrons. The molecular formula is C21H24FN3O3. The first-order chi connectivity index (χ1) is 13.4. The Bertz CT molecular complexity index is 932. The zero-order valence-electron chi connectivity index (χ0n) is 16.1. The highest BCUT2D eigenvalue weighted by molar-refractivity contribution is 5.97. The quantitative estimate of drug-likeness (QED) is 0.881. The van der Waals surface area contributed by atoms with Gasteiger partial charge in [0, 0.05) is 17.8 Å². The number of carboxylic acid groups (broad SMARTS) is 1. The third-order valence-corrected chi connectivity index (χ3v) is 5.94. The van der Waals surface area contributed by atoms with Crippen molar-refractivity contribution in [3.63, 3.8) is 0 Å². The van der Waals surface area contributed by atoms with Gasteiger partial charge in [-0.1, -0.05) is 19.1 Å². The summed E-state index contributed by atoms with van der Waals surface area (Å²) in [6.45, 7) is 4.22. The summed E-state index contributed by atoms with van der Waals surface area (Å²) in [6, 6.07) is 4.01. The molecule has 1 aliphatic heterocycles. The molecule has 2 aromatic rings. The van der Waals surface area contributed by atoms with Crippen molar-refractivity contribution in [3.8, 4) is 5.69 Å². The average molecular weight is 385 g/mol. The average Bonchev–Trinajstić information content (AvgIpc) is 3.24. The highest BCUT2D eigenvalue weighted by Gasteiger charge is 2.38. The van der Waals surface area contributed by atoms with Crippen molar-refractivity contribution in [1.29, 1.82) is 0 Å². The van der Waals surface area contributed by atoms with Crippen LogP contribution in [0.2, 0.25) is 0 Å². The summed E-state index contributed by atoms with van der Waals surface area (Å²) >= 11 is 0. The summed E-state index contributed by atoms with van der Waals surface area (Å²) in [5.41, 5.74) is 3.06. The molecule has 1 fully saturated rings. The number of para-hydroxylation sites is 1. The Hall–Kier alpha value is -2.70. The SMILES string of the molecule is Cc1cccc(F)c1-n1nc(C(=O)N2CCC(C)CC2C(=O)O)c2c1CCC2. The summed E-state index contributed by atoms with van der Waals surface area (Å²) in [7, 11) is 0. The second-order valence-electron chi connectivity index (χ2n) is 7.93. The van der Waals surface area contributed by atoms with Crippen LogP contribution in [0.1, 0.15) is 53.5 Å². The lowest BCUT2D eigenvalue weighted by Gasteiger charge is -2.35. The number of carbonyl (C=O) groups excluding carboxylic acids is 1. The topological polar surface area (TPSA) is 75.4 Å². The maximum atomic E-state index is 14.5. The van der Waals surface area contributed by atoms with Crippen molar-refractivity contribution >= 4 is 11.9 Å². The van der Waals surface area contributed by atoms with E-state index >= 15 is 0 Å². The summed E-state index contributed by atoms with van der Waals surface area (Å²) < 4.78 is 16.1. The number of carboxylic acids is 1. The predicted octanol–water partition coefficient (Wildman–Crippen LogP) is 3.13. The molecule has 2 heterocycles. The van der Waals surface area contributed by atoms with Crippen LogP contribution in [0.25, 0.3) is 5.69 Å². The summed E-state index contributed by atoms with van der Waals surface area (Å²) in [4.78, 5) is 26.4. The number of carbonyl (C=O) groups is 2. The number of piperidine rings is 1. The van der Waals surface area contributed by atoms with Crippen LogP contribution < -0.4 is 0 Å². The van der Waals surface area contributed by atoms with Crippen LogP contribution in [-0.2, 0) is 17.6 Å². The lowest BCUT2D eigenvalue weighted by atomic mass is 9.92. The van der Waals surface area contributed by atoms with Gasteiger partial charge in [0.2, 0.25) is 0 Å². The van der Waals surface area contributed by atoms with Crippen LogP contribution in [0.15, 0.2) is 18.2 Å². The number of likely N-dealkylation sites (tertiary alicyclic amines) is 1. The second kappa shape index (κ2) is 7.04. The van der Waals surface area contributed by atoms with E-state index in [1.165, 1.54) is 11.0 Å². The second-order valence-corrected chi connectivity index (χ2v) is 7.93. The lowest BCUT2D eigenvalue weighted by Crippen LogP contribution is -2.50. The molecule has 2 atom stereocenters. The molecule has 0 spiro atoms. The lowest BCUT2D eigenvalue weighted by molar-refractivity contribution is -0.144. The molecule has 0 bridgehead atoms. The van der Waals surface area contributed by atoms with Crippen molar-refractivity contribution in [3.05, 3.63) is 46.5 Å². The van der Waals surface area contributed by atoms with E-state index in [4.69, 9.17) is 0 Å². The Morgan fingerprint density at radius 1 is 1.29 bits per heavy atom. The predicted molar refractivity (Wildman–Crippen MR) is 101 cm³/mol. The zero-order valence-corrected chi connectivity index (χ0v) is 16.1. The van der Waals surface area contributed by atoms with Crippen molar-refractivity contribution in [2.45, 2.75) is 52.0 Å². The van der Waals surface area contributed by atoms with Crippen LogP contribution in [0, 0.1) is 18.7 Å². The third kappa shape index (κ3) is 2.99. The molecule has 7 heteroatoms. The Morgan fingerprint density at radius 3 is 2.79 bits per heavy atom. The Kier molecular flexibility index (Phi) is 4.69. The highest BCUT2D eigenvalue weighted by atomic mass is 19.1. The molecule has 1 amide bonds. The smallest absolute Gasteiger partial charge is 0.326 e. The number of amides is 1. The number of aliphatic carboxylic acids is 1. The fraction of sp³-hybridized carbons (Fsp3) is 0.476. The maximum absolute atomic E-state index is 14.5. The number of halogens is 1. The van der Waals surface area contributed by atoms with E-state index in [0.717, 1.165) is 36.1 Å². The Balaban J connectivity index is 1.77. The van der Waals surface area contributed by atoms with Gasteiger partial charge in [-0.05, 0) is 56.6 Å². The molecule has 0 saturated carbocycles. The molecule has 6 nitrogen and oxygen atoms in total. The van der Waals surface area contributed by atoms with Gasteiger partial charge in [-0.2, -0.15) is 5.10 Å². The molecule has 1 aromatic heterocycles.